The van der Waals surface area contributed by atoms with Gasteiger partial charge in [0.05, 0.1) is 17.9 Å². The minimum Gasteiger partial charge on any atom is -0.368 e. The van der Waals surface area contributed by atoms with Gasteiger partial charge in [0.15, 0.2) is 0 Å². The first-order valence-electron chi connectivity index (χ1n) is 8.90. The van der Waals surface area contributed by atoms with Crippen LogP contribution in [-0.2, 0) is 22.6 Å². The maximum atomic E-state index is 14.1. The third-order valence-corrected chi connectivity index (χ3v) is 4.34. The summed E-state index contributed by atoms with van der Waals surface area (Å²) < 4.78 is 21.3. The van der Waals surface area contributed by atoms with E-state index in [1.165, 1.54) is 6.07 Å². The smallest absolute Gasteiger partial charge is 0.249 e. The number of rotatable bonds is 7. The first-order valence-corrected chi connectivity index (χ1v) is 8.90. The third kappa shape index (κ3) is 4.47. The van der Waals surface area contributed by atoms with Gasteiger partial charge >= 0.3 is 0 Å². The lowest BCUT2D eigenvalue weighted by atomic mass is 10.1. The summed E-state index contributed by atoms with van der Waals surface area (Å²) in [5.41, 5.74) is 2.06. The van der Waals surface area contributed by atoms with Crippen LogP contribution in [0.15, 0.2) is 30.3 Å². The van der Waals surface area contributed by atoms with E-state index in [2.05, 4.69) is 10.4 Å². The number of nitrogens with zero attached hydrogens (tertiary/aromatic N) is 3. The Morgan fingerprint density at radius 1 is 1.42 bits per heavy atom. The number of aromatic nitrogens is 2. The van der Waals surface area contributed by atoms with Crippen LogP contribution in [0, 0.1) is 5.82 Å². The molecule has 1 aromatic carbocycles. The van der Waals surface area contributed by atoms with Crippen LogP contribution in [0.25, 0.3) is 11.3 Å². The van der Waals surface area contributed by atoms with Crippen molar-refractivity contribution in [1.82, 2.24) is 20.0 Å². The van der Waals surface area contributed by atoms with E-state index in [1.807, 2.05) is 29.7 Å². The predicted molar refractivity (Wildman–Crippen MR) is 97.0 cm³/mol. The fraction of sp³-hybridized carbons (Fsp3) is 0.474. The standard InChI is InChI=1S/C19H25FN4O2/c1-23(2)13-14-12-17(15-6-3-4-7-16(15)20)22-24(14)10-9-21-19(25)18-8-5-11-26-18/h3-4,6-7,12,18H,5,8-11,13H2,1-2H3,(H,21,25)/t18-/m0/s1. The molecule has 2 heterocycles. The molecule has 140 valence electrons. The summed E-state index contributed by atoms with van der Waals surface area (Å²) in [6.07, 6.45) is 1.37. The highest BCUT2D eigenvalue weighted by atomic mass is 19.1. The highest BCUT2D eigenvalue weighted by Crippen LogP contribution is 2.22. The molecular formula is C19H25FN4O2. The van der Waals surface area contributed by atoms with Gasteiger partial charge in [-0.2, -0.15) is 5.10 Å². The van der Waals surface area contributed by atoms with E-state index in [1.54, 1.807) is 18.2 Å². The number of benzene rings is 1. The summed E-state index contributed by atoms with van der Waals surface area (Å²) in [4.78, 5) is 14.1. The van der Waals surface area contributed by atoms with Crippen LogP contribution in [0.5, 0.6) is 0 Å². The molecule has 1 saturated heterocycles. The zero-order chi connectivity index (χ0) is 18.5. The highest BCUT2D eigenvalue weighted by Gasteiger charge is 2.23. The van der Waals surface area contributed by atoms with Gasteiger partial charge in [-0.3, -0.25) is 9.48 Å². The normalized spacial score (nSPS) is 17.0. The molecule has 0 spiro atoms. The molecule has 0 saturated carbocycles. The van der Waals surface area contributed by atoms with Gasteiger partial charge < -0.3 is 15.0 Å². The fourth-order valence-electron chi connectivity index (χ4n) is 3.08. The van der Waals surface area contributed by atoms with Gasteiger partial charge in [-0.1, -0.05) is 12.1 Å². The maximum Gasteiger partial charge on any atom is 0.249 e. The molecule has 1 aromatic heterocycles. The van der Waals surface area contributed by atoms with E-state index < -0.39 is 0 Å². The lowest BCUT2D eigenvalue weighted by Gasteiger charge is -2.13. The molecule has 1 aliphatic rings. The second kappa shape index (κ2) is 8.42. The van der Waals surface area contributed by atoms with Crippen molar-refractivity contribution >= 4 is 5.91 Å². The minimum atomic E-state index is -0.331. The number of hydrogen-bond acceptors (Lipinski definition) is 4. The molecule has 0 aliphatic carbocycles. The van der Waals surface area contributed by atoms with E-state index >= 15 is 0 Å². The number of carbonyl (C=O) groups excluding carboxylic acids is 1. The Labute approximate surface area is 152 Å². The molecule has 1 amide bonds. The van der Waals surface area contributed by atoms with Crippen molar-refractivity contribution in [3.05, 3.63) is 41.8 Å². The lowest BCUT2D eigenvalue weighted by Crippen LogP contribution is -2.36. The molecule has 2 aromatic rings. The van der Waals surface area contributed by atoms with Crippen molar-refractivity contribution in [3.8, 4) is 11.3 Å². The Hall–Kier alpha value is -2.25. The Bertz CT molecular complexity index is 754. The molecule has 1 N–H and O–H groups in total. The summed E-state index contributed by atoms with van der Waals surface area (Å²) in [7, 11) is 3.94. The number of carbonyl (C=O) groups is 1. The van der Waals surface area contributed by atoms with E-state index in [0.717, 1.165) is 18.5 Å². The summed E-state index contributed by atoms with van der Waals surface area (Å²) in [6, 6.07) is 8.52. The maximum absolute atomic E-state index is 14.1. The summed E-state index contributed by atoms with van der Waals surface area (Å²) >= 11 is 0. The quantitative estimate of drug-likeness (QED) is 0.821. The van der Waals surface area contributed by atoms with Gasteiger partial charge in [0.25, 0.3) is 0 Å². The number of nitrogens with one attached hydrogen (secondary N) is 1. The first-order chi connectivity index (χ1) is 12.5. The Balaban J connectivity index is 1.70. The zero-order valence-electron chi connectivity index (χ0n) is 15.2. The van der Waals surface area contributed by atoms with Crippen molar-refractivity contribution in [2.24, 2.45) is 0 Å². The fourth-order valence-corrected chi connectivity index (χ4v) is 3.08. The Morgan fingerprint density at radius 2 is 2.23 bits per heavy atom. The second-order valence-corrected chi connectivity index (χ2v) is 6.75. The van der Waals surface area contributed by atoms with Crippen LogP contribution in [0.3, 0.4) is 0 Å². The van der Waals surface area contributed by atoms with Crippen molar-refractivity contribution in [2.45, 2.75) is 32.0 Å². The summed E-state index contributed by atoms with van der Waals surface area (Å²) in [5.74, 6) is -0.363. The molecule has 0 bridgehead atoms. The molecule has 1 fully saturated rings. The average Bonchev–Trinajstić information content (AvgIpc) is 3.25. The SMILES string of the molecule is CN(C)Cc1cc(-c2ccccc2F)nn1CCNC(=O)[C@@H]1CCCO1. The zero-order valence-corrected chi connectivity index (χ0v) is 15.2. The number of ether oxygens (including phenoxy) is 1. The van der Waals surface area contributed by atoms with E-state index in [-0.39, 0.29) is 17.8 Å². The van der Waals surface area contributed by atoms with Crippen molar-refractivity contribution in [2.75, 3.05) is 27.2 Å². The van der Waals surface area contributed by atoms with Crippen LogP contribution >= 0.6 is 0 Å². The molecule has 6 nitrogen and oxygen atoms in total. The second-order valence-electron chi connectivity index (χ2n) is 6.75. The average molecular weight is 360 g/mol. The predicted octanol–water partition coefficient (Wildman–Crippen LogP) is 2.05. The number of hydrogen-bond donors (Lipinski definition) is 1. The molecule has 3 rings (SSSR count). The molecule has 1 aliphatic heterocycles. The molecule has 1 atom stereocenters. The Kier molecular flexibility index (Phi) is 6.00. The highest BCUT2D eigenvalue weighted by molar-refractivity contribution is 5.80. The van der Waals surface area contributed by atoms with Gasteiger partial charge in [0, 0.05) is 25.3 Å². The van der Waals surface area contributed by atoms with Gasteiger partial charge in [0.1, 0.15) is 11.9 Å². The third-order valence-electron chi connectivity index (χ3n) is 4.34. The van der Waals surface area contributed by atoms with E-state index in [9.17, 15) is 9.18 Å². The topological polar surface area (TPSA) is 59.4 Å². The summed E-state index contributed by atoms with van der Waals surface area (Å²) in [5, 5.41) is 7.46. The van der Waals surface area contributed by atoms with Gasteiger partial charge in [-0.05, 0) is 45.1 Å². The van der Waals surface area contributed by atoms with Crippen LogP contribution in [0.2, 0.25) is 0 Å². The molecule has 26 heavy (non-hydrogen) atoms. The number of halogens is 1. The largest absolute Gasteiger partial charge is 0.368 e. The first kappa shape index (κ1) is 18.5. The lowest BCUT2D eigenvalue weighted by molar-refractivity contribution is -0.130. The van der Waals surface area contributed by atoms with Crippen molar-refractivity contribution in [3.63, 3.8) is 0 Å². The van der Waals surface area contributed by atoms with Crippen LogP contribution in [0.4, 0.5) is 4.39 Å². The van der Waals surface area contributed by atoms with Gasteiger partial charge in [-0.25, -0.2) is 4.39 Å². The Morgan fingerprint density at radius 3 is 2.92 bits per heavy atom. The molecule has 0 unspecified atom stereocenters. The van der Waals surface area contributed by atoms with Gasteiger partial charge in [-0.15, -0.1) is 0 Å². The van der Waals surface area contributed by atoms with E-state index in [4.69, 9.17) is 4.74 Å². The molecule has 7 heteroatoms. The molecule has 0 radical (unpaired) electrons. The van der Waals surface area contributed by atoms with Crippen LogP contribution in [-0.4, -0.2) is 53.9 Å². The minimum absolute atomic E-state index is 0.0712. The van der Waals surface area contributed by atoms with Crippen LogP contribution < -0.4 is 5.32 Å². The van der Waals surface area contributed by atoms with Crippen LogP contribution in [0.1, 0.15) is 18.5 Å². The summed E-state index contributed by atoms with van der Waals surface area (Å²) in [6.45, 7) is 2.31. The van der Waals surface area contributed by atoms with Crippen molar-refractivity contribution < 1.29 is 13.9 Å². The number of amides is 1. The van der Waals surface area contributed by atoms with Crippen molar-refractivity contribution in [1.29, 1.82) is 0 Å². The van der Waals surface area contributed by atoms with E-state index in [0.29, 0.717) is 37.5 Å². The van der Waals surface area contributed by atoms with Gasteiger partial charge in [0.2, 0.25) is 5.91 Å². The molecular weight excluding hydrogens is 335 g/mol. The monoisotopic (exact) mass is 360 g/mol.